The van der Waals surface area contributed by atoms with E-state index >= 15 is 0 Å². The highest BCUT2D eigenvalue weighted by Gasteiger charge is 2.16. The van der Waals surface area contributed by atoms with Gasteiger partial charge in [-0.3, -0.25) is 4.79 Å². The molecular formula is C19H25NO3S3. The number of hydrogen-bond donors (Lipinski definition) is 0. The number of carbonyl (C=O) groups is 1. The molecule has 1 aromatic carbocycles. The van der Waals surface area contributed by atoms with Crippen molar-refractivity contribution in [1.29, 1.82) is 0 Å². The summed E-state index contributed by atoms with van der Waals surface area (Å²) in [6, 6.07) is 7.98. The van der Waals surface area contributed by atoms with Crippen molar-refractivity contribution >= 4 is 51.0 Å². The minimum absolute atomic E-state index is 0.222. The fourth-order valence-corrected chi connectivity index (χ4v) is 5.05. The predicted octanol–water partition coefficient (Wildman–Crippen LogP) is 5.04. The van der Waals surface area contributed by atoms with Crippen LogP contribution in [0.5, 0.6) is 0 Å². The summed E-state index contributed by atoms with van der Waals surface area (Å²) < 4.78 is 13.1. The molecule has 0 aliphatic heterocycles. The van der Waals surface area contributed by atoms with Crippen molar-refractivity contribution in [3.63, 3.8) is 0 Å². The topological polar surface area (TPSA) is 48.4 Å². The van der Waals surface area contributed by atoms with E-state index in [9.17, 15) is 4.79 Å². The SMILES string of the molecule is C=CCOCC(CSCCCC)OC(=O)CSc1nc2ccccc2s1. The number of thioether (sulfide) groups is 2. The minimum Gasteiger partial charge on any atom is -0.458 e. The van der Waals surface area contributed by atoms with Crippen LogP contribution in [0.3, 0.4) is 0 Å². The number of benzene rings is 1. The van der Waals surface area contributed by atoms with E-state index in [1.54, 1.807) is 29.2 Å². The number of fused-ring (bicyclic) bond motifs is 1. The van der Waals surface area contributed by atoms with Crippen LogP contribution in [0.4, 0.5) is 0 Å². The Morgan fingerprint density at radius 1 is 1.42 bits per heavy atom. The average Bonchev–Trinajstić information content (AvgIpc) is 3.06. The van der Waals surface area contributed by atoms with Gasteiger partial charge in [0.05, 0.1) is 29.2 Å². The summed E-state index contributed by atoms with van der Waals surface area (Å²) >= 11 is 4.83. The Kier molecular flexibility index (Phi) is 10.1. The molecular weight excluding hydrogens is 386 g/mol. The first-order chi connectivity index (χ1) is 12.7. The van der Waals surface area contributed by atoms with Crippen LogP contribution in [0.15, 0.2) is 41.3 Å². The Morgan fingerprint density at radius 3 is 3.04 bits per heavy atom. The predicted molar refractivity (Wildman–Crippen MR) is 113 cm³/mol. The molecule has 0 saturated heterocycles. The molecule has 1 heterocycles. The van der Waals surface area contributed by atoms with Gasteiger partial charge in [-0.25, -0.2) is 4.98 Å². The smallest absolute Gasteiger partial charge is 0.316 e. The second kappa shape index (κ2) is 12.4. The summed E-state index contributed by atoms with van der Waals surface area (Å²) in [6.07, 6.45) is 3.82. The van der Waals surface area contributed by atoms with Gasteiger partial charge in [-0.2, -0.15) is 11.8 Å². The molecule has 142 valence electrons. The molecule has 0 aliphatic rings. The van der Waals surface area contributed by atoms with Gasteiger partial charge in [0.2, 0.25) is 0 Å². The van der Waals surface area contributed by atoms with Crippen LogP contribution >= 0.6 is 34.9 Å². The van der Waals surface area contributed by atoms with E-state index in [2.05, 4.69) is 18.5 Å². The van der Waals surface area contributed by atoms with E-state index in [1.807, 2.05) is 24.3 Å². The number of unbranched alkanes of at least 4 members (excludes halogenated alkanes) is 1. The van der Waals surface area contributed by atoms with Crippen molar-refractivity contribution in [1.82, 2.24) is 4.98 Å². The van der Waals surface area contributed by atoms with Crippen molar-refractivity contribution in [2.24, 2.45) is 0 Å². The maximum Gasteiger partial charge on any atom is 0.316 e. The zero-order valence-corrected chi connectivity index (χ0v) is 17.5. The van der Waals surface area contributed by atoms with Gasteiger partial charge in [-0.05, 0) is 24.3 Å². The Labute approximate surface area is 167 Å². The van der Waals surface area contributed by atoms with Crippen molar-refractivity contribution in [2.75, 3.05) is 30.5 Å². The van der Waals surface area contributed by atoms with E-state index in [-0.39, 0.29) is 17.8 Å². The number of ether oxygens (including phenoxy) is 2. The number of aromatic nitrogens is 1. The second-order valence-corrected chi connectivity index (χ2v) is 9.01. The molecule has 7 heteroatoms. The van der Waals surface area contributed by atoms with E-state index in [0.717, 1.165) is 26.1 Å². The number of nitrogens with zero attached hydrogens (tertiary/aromatic N) is 1. The third kappa shape index (κ3) is 7.70. The third-order valence-electron chi connectivity index (χ3n) is 3.37. The van der Waals surface area contributed by atoms with E-state index in [1.165, 1.54) is 24.6 Å². The standard InChI is InChI=1S/C19H25NO3S3/c1-3-5-11-24-13-15(12-22-10-4-2)23-18(21)14-25-19-20-16-8-6-7-9-17(16)26-19/h4,6-9,15H,2-3,5,10-14H2,1H3. The summed E-state index contributed by atoms with van der Waals surface area (Å²) in [6.45, 7) is 6.68. The Bertz CT molecular complexity index is 656. The van der Waals surface area contributed by atoms with Gasteiger partial charge < -0.3 is 9.47 Å². The molecule has 1 aromatic heterocycles. The summed E-state index contributed by atoms with van der Waals surface area (Å²) in [5.41, 5.74) is 0.969. The summed E-state index contributed by atoms with van der Waals surface area (Å²) in [7, 11) is 0. The van der Waals surface area contributed by atoms with Crippen molar-refractivity contribution < 1.29 is 14.3 Å². The minimum atomic E-state index is -0.224. The lowest BCUT2D eigenvalue weighted by Crippen LogP contribution is -2.27. The lowest BCUT2D eigenvalue weighted by atomic mass is 10.3. The molecule has 26 heavy (non-hydrogen) atoms. The highest BCUT2D eigenvalue weighted by molar-refractivity contribution is 8.01. The zero-order valence-electron chi connectivity index (χ0n) is 15.0. The van der Waals surface area contributed by atoms with Gasteiger partial charge in [0.15, 0.2) is 4.34 Å². The molecule has 0 bridgehead atoms. The molecule has 2 aromatic rings. The van der Waals surface area contributed by atoms with E-state index < -0.39 is 0 Å². The van der Waals surface area contributed by atoms with Crippen LogP contribution in [-0.2, 0) is 14.3 Å². The molecule has 1 atom stereocenters. The summed E-state index contributed by atoms with van der Waals surface area (Å²) in [4.78, 5) is 16.7. The highest BCUT2D eigenvalue weighted by atomic mass is 32.2. The third-order valence-corrected chi connectivity index (χ3v) is 6.71. The first kappa shape index (κ1) is 21.3. The molecule has 0 saturated carbocycles. The largest absolute Gasteiger partial charge is 0.458 e. The van der Waals surface area contributed by atoms with Crippen LogP contribution in [0.25, 0.3) is 10.2 Å². The fourth-order valence-electron chi connectivity index (χ4n) is 2.11. The number of para-hydroxylation sites is 1. The van der Waals surface area contributed by atoms with Crippen molar-refractivity contribution in [2.45, 2.75) is 30.2 Å². The van der Waals surface area contributed by atoms with Crippen LogP contribution in [0.2, 0.25) is 0 Å². The zero-order chi connectivity index (χ0) is 18.6. The van der Waals surface area contributed by atoms with Crippen LogP contribution in [-0.4, -0.2) is 47.5 Å². The van der Waals surface area contributed by atoms with Gasteiger partial charge in [-0.15, -0.1) is 17.9 Å². The molecule has 4 nitrogen and oxygen atoms in total. The molecule has 0 spiro atoms. The Morgan fingerprint density at radius 2 is 2.27 bits per heavy atom. The number of carbonyl (C=O) groups excluding carboxylic acids is 1. The second-order valence-electron chi connectivity index (χ2n) is 5.60. The van der Waals surface area contributed by atoms with Gasteiger partial charge in [0.1, 0.15) is 6.10 Å². The van der Waals surface area contributed by atoms with E-state index in [0.29, 0.717) is 13.2 Å². The molecule has 2 rings (SSSR count). The fraction of sp³-hybridized carbons (Fsp3) is 0.474. The molecule has 0 fully saturated rings. The average molecular weight is 412 g/mol. The number of esters is 1. The quantitative estimate of drug-likeness (QED) is 0.199. The molecule has 0 aliphatic carbocycles. The molecule has 0 N–H and O–H groups in total. The first-order valence-electron chi connectivity index (χ1n) is 8.67. The van der Waals surface area contributed by atoms with E-state index in [4.69, 9.17) is 9.47 Å². The number of rotatable bonds is 13. The van der Waals surface area contributed by atoms with Gasteiger partial charge in [0, 0.05) is 5.75 Å². The highest BCUT2D eigenvalue weighted by Crippen LogP contribution is 2.29. The van der Waals surface area contributed by atoms with Crippen molar-refractivity contribution in [3.05, 3.63) is 36.9 Å². The van der Waals surface area contributed by atoms with Gasteiger partial charge in [0.25, 0.3) is 0 Å². The lowest BCUT2D eigenvalue weighted by molar-refractivity contribution is -0.147. The maximum atomic E-state index is 12.2. The number of thiazole rings is 1. The number of hydrogen-bond acceptors (Lipinski definition) is 7. The normalized spacial score (nSPS) is 12.2. The summed E-state index contributed by atoms with van der Waals surface area (Å²) in [5.74, 6) is 1.87. The molecule has 0 amide bonds. The maximum absolute atomic E-state index is 12.2. The lowest BCUT2D eigenvalue weighted by Gasteiger charge is -2.17. The Balaban J connectivity index is 1.79. The van der Waals surface area contributed by atoms with Gasteiger partial charge in [-0.1, -0.05) is 43.3 Å². The Hall–Kier alpha value is -1.02. The monoisotopic (exact) mass is 411 g/mol. The van der Waals surface area contributed by atoms with Crippen LogP contribution in [0.1, 0.15) is 19.8 Å². The van der Waals surface area contributed by atoms with Crippen LogP contribution in [0, 0.1) is 0 Å². The van der Waals surface area contributed by atoms with Gasteiger partial charge >= 0.3 is 5.97 Å². The molecule has 1 unspecified atom stereocenters. The van der Waals surface area contributed by atoms with Crippen molar-refractivity contribution in [3.8, 4) is 0 Å². The first-order valence-corrected chi connectivity index (χ1v) is 11.6. The molecule has 0 radical (unpaired) electrons. The van der Waals surface area contributed by atoms with Crippen LogP contribution < -0.4 is 0 Å². The summed E-state index contributed by atoms with van der Waals surface area (Å²) in [5, 5.41) is 0.